The molecule has 82 valence electrons. The quantitative estimate of drug-likeness (QED) is 0.572. The maximum atomic E-state index is 9.32. The van der Waals surface area contributed by atoms with E-state index in [0.717, 1.165) is 0 Å². The molecule has 3 heteroatoms. The average Bonchev–Trinajstić information content (AvgIpc) is 2.08. The zero-order chi connectivity index (χ0) is 11.0. The molecule has 0 saturated heterocycles. The molecule has 0 rings (SSSR count). The number of aliphatic hydroxyl groups excluding tert-OH is 3. The van der Waals surface area contributed by atoms with Gasteiger partial charge < -0.3 is 15.3 Å². The van der Waals surface area contributed by atoms with Crippen LogP contribution in [0.3, 0.4) is 0 Å². The average molecular weight is 200 g/mol. The lowest BCUT2D eigenvalue weighted by Crippen LogP contribution is -2.08. The second kappa shape index (κ2) is 7.81. The third-order valence-corrected chi connectivity index (χ3v) is 1.81. The summed E-state index contributed by atoms with van der Waals surface area (Å²) in [5, 5.41) is 27.2. The van der Waals surface area contributed by atoms with Gasteiger partial charge in [0.2, 0.25) is 0 Å². The van der Waals surface area contributed by atoms with E-state index in [1.54, 1.807) is 13.8 Å². The largest absolute Gasteiger partial charge is 0.393 e. The molecule has 0 unspecified atom stereocenters. The molecular formula is C11H20O3. The van der Waals surface area contributed by atoms with Crippen LogP contribution >= 0.6 is 0 Å². The van der Waals surface area contributed by atoms with Crippen molar-refractivity contribution in [1.82, 2.24) is 0 Å². The highest BCUT2D eigenvalue weighted by Crippen LogP contribution is 2.00. The van der Waals surface area contributed by atoms with E-state index >= 15 is 0 Å². The molecule has 0 bridgehead atoms. The number of hydrogen-bond donors (Lipinski definition) is 3. The van der Waals surface area contributed by atoms with Crippen molar-refractivity contribution in [1.29, 1.82) is 0 Å². The summed E-state index contributed by atoms with van der Waals surface area (Å²) in [5.41, 5.74) is 0. The topological polar surface area (TPSA) is 60.7 Å². The summed E-state index contributed by atoms with van der Waals surface area (Å²) < 4.78 is 0. The van der Waals surface area contributed by atoms with E-state index in [0.29, 0.717) is 25.7 Å². The second-order valence-electron chi connectivity index (χ2n) is 3.65. The van der Waals surface area contributed by atoms with Crippen molar-refractivity contribution in [3.05, 3.63) is 0 Å². The highest BCUT2D eigenvalue weighted by molar-refractivity contribution is 5.04. The highest BCUT2D eigenvalue weighted by Gasteiger charge is 2.01. The fraction of sp³-hybridized carbons (Fsp3) is 0.818. The van der Waals surface area contributed by atoms with E-state index in [9.17, 15) is 5.11 Å². The molecular weight excluding hydrogens is 180 g/mol. The van der Waals surface area contributed by atoms with Crippen molar-refractivity contribution >= 4 is 0 Å². The minimum absolute atomic E-state index is 0.334. The Morgan fingerprint density at radius 2 is 1.50 bits per heavy atom. The Morgan fingerprint density at radius 1 is 0.929 bits per heavy atom. The van der Waals surface area contributed by atoms with Gasteiger partial charge >= 0.3 is 0 Å². The van der Waals surface area contributed by atoms with Gasteiger partial charge in [0, 0.05) is 6.42 Å². The van der Waals surface area contributed by atoms with E-state index in [-0.39, 0.29) is 12.2 Å². The van der Waals surface area contributed by atoms with Crippen LogP contribution in [0.1, 0.15) is 39.5 Å². The normalized spacial score (nSPS) is 16.6. The second-order valence-corrected chi connectivity index (χ2v) is 3.65. The lowest BCUT2D eigenvalue weighted by atomic mass is 10.1. The molecule has 0 aromatic carbocycles. The van der Waals surface area contributed by atoms with E-state index < -0.39 is 6.10 Å². The zero-order valence-corrected chi connectivity index (χ0v) is 8.90. The standard InChI is InChI=1S/C11H20O3/c1-9(12)5-3-4-6-11(14)8-7-10(2)13/h9-14H,3,5,7-8H2,1-2H3/t9-,10-,11-/m1/s1. The smallest absolute Gasteiger partial charge is 0.114 e. The molecule has 0 heterocycles. The van der Waals surface area contributed by atoms with Gasteiger partial charge in [-0.25, -0.2) is 0 Å². The summed E-state index contributed by atoms with van der Waals surface area (Å²) in [4.78, 5) is 0. The van der Waals surface area contributed by atoms with Crippen molar-refractivity contribution in [2.45, 2.75) is 57.8 Å². The first-order chi connectivity index (χ1) is 6.52. The minimum Gasteiger partial charge on any atom is -0.393 e. The minimum atomic E-state index is -0.654. The van der Waals surface area contributed by atoms with Crippen LogP contribution < -0.4 is 0 Å². The first-order valence-electron chi connectivity index (χ1n) is 5.05. The van der Waals surface area contributed by atoms with Gasteiger partial charge in [0.05, 0.1) is 12.2 Å². The van der Waals surface area contributed by atoms with E-state index in [1.165, 1.54) is 0 Å². The molecule has 3 N–H and O–H groups in total. The SMILES string of the molecule is C[C@@H](O)CCC#C[C@@H](O)CC[C@@H](C)O. The molecule has 3 nitrogen and oxygen atoms in total. The summed E-state index contributed by atoms with van der Waals surface area (Å²) in [6, 6.07) is 0. The lowest BCUT2D eigenvalue weighted by molar-refractivity contribution is 0.149. The molecule has 0 saturated carbocycles. The van der Waals surface area contributed by atoms with Gasteiger partial charge in [-0.3, -0.25) is 0 Å². The van der Waals surface area contributed by atoms with Gasteiger partial charge in [0.1, 0.15) is 6.10 Å². The summed E-state index contributed by atoms with van der Waals surface area (Å²) in [6.45, 7) is 3.40. The van der Waals surface area contributed by atoms with Gasteiger partial charge in [0.25, 0.3) is 0 Å². The van der Waals surface area contributed by atoms with Crippen LogP contribution in [-0.4, -0.2) is 33.6 Å². The monoisotopic (exact) mass is 200 g/mol. The number of rotatable bonds is 5. The first kappa shape index (κ1) is 13.4. The molecule has 0 amide bonds. The van der Waals surface area contributed by atoms with Crippen LogP contribution in [-0.2, 0) is 0 Å². The molecule has 0 radical (unpaired) electrons. The highest BCUT2D eigenvalue weighted by atomic mass is 16.3. The Labute approximate surface area is 85.8 Å². The summed E-state index contributed by atoms with van der Waals surface area (Å²) >= 11 is 0. The van der Waals surface area contributed by atoms with Gasteiger partial charge in [0.15, 0.2) is 0 Å². The molecule has 0 fully saturated rings. The molecule has 0 aromatic heterocycles. The van der Waals surface area contributed by atoms with Crippen LogP contribution in [0.25, 0.3) is 0 Å². The summed E-state index contributed by atoms with van der Waals surface area (Å²) in [7, 11) is 0. The Kier molecular flexibility index (Phi) is 7.50. The van der Waals surface area contributed by atoms with Crippen LogP contribution in [0.2, 0.25) is 0 Å². The molecule has 0 aliphatic carbocycles. The molecule has 3 atom stereocenters. The Balaban J connectivity index is 3.54. The van der Waals surface area contributed by atoms with Gasteiger partial charge in [-0.15, -0.1) is 5.92 Å². The maximum Gasteiger partial charge on any atom is 0.114 e. The van der Waals surface area contributed by atoms with Crippen LogP contribution in [0.15, 0.2) is 0 Å². The van der Waals surface area contributed by atoms with Crippen molar-refractivity contribution < 1.29 is 15.3 Å². The first-order valence-corrected chi connectivity index (χ1v) is 5.05. The third-order valence-electron chi connectivity index (χ3n) is 1.81. The van der Waals surface area contributed by atoms with Gasteiger partial charge in [-0.2, -0.15) is 0 Å². The lowest BCUT2D eigenvalue weighted by Gasteiger charge is -2.05. The van der Waals surface area contributed by atoms with Crippen molar-refractivity contribution in [2.24, 2.45) is 0 Å². The number of hydrogen-bond acceptors (Lipinski definition) is 3. The molecule has 0 aromatic rings. The van der Waals surface area contributed by atoms with Crippen LogP contribution in [0.4, 0.5) is 0 Å². The third kappa shape index (κ3) is 9.53. The Bertz CT molecular complexity index is 188. The van der Waals surface area contributed by atoms with Crippen molar-refractivity contribution in [3.63, 3.8) is 0 Å². The number of aliphatic hydroxyl groups is 3. The zero-order valence-electron chi connectivity index (χ0n) is 8.90. The molecule has 0 spiro atoms. The maximum absolute atomic E-state index is 9.32. The van der Waals surface area contributed by atoms with Gasteiger partial charge in [-0.1, -0.05) is 5.92 Å². The molecule has 0 aliphatic rings. The fourth-order valence-electron chi connectivity index (χ4n) is 0.942. The van der Waals surface area contributed by atoms with E-state index in [1.807, 2.05) is 0 Å². The van der Waals surface area contributed by atoms with Crippen molar-refractivity contribution in [3.8, 4) is 11.8 Å². The van der Waals surface area contributed by atoms with E-state index in [4.69, 9.17) is 10.2 Å². The van der Waals surface area contributed by atoms with Gasteiger partial charge in [-0.05, 0) is 33.1 Å². The van der Waals surface area contributed by atoms with Crippen LogP contribution in [0.5, 0.6) is 0 Å². The Hall–Kier alpha value is -0.560. The predicted octanol–water partition coefficient (Wildman–Crippen LogP) is 0.673. The fourth-order valence-corrected chi connectivity index (χ4v) is 0.942. The molecule has 0 aliphatic heterocycles. The molecule has 14 heavy (non-hydrogen) atoms. The summed E-state index contributed by atoms with van der Waals surface area (Å²) in [5.74, 6) is 5.48. The predicted molar refractivity (Wildman–Crippen MR) is 55.6 cm³/mol. The summed E-state index contributed by atoms with van der Waals surface area (Å²) in [6.07, 6.45) is 0.923. The Morgan fingerprint density at radius 3 is 2.00 bits per heavy atom. The van der Waals surface area contributed by atoms with Crippen molar-refractivity contribution in [2.75, 3.05) is 0 Å². The van der Waals surface area contributed by atoms with E-state index in [2.05, 4.69) is 11.8 Å². The van der Waals surface area contributed by atoms with Crippen LogP contribution in [0, 0.1) is 11.8 Å².